The van der Waals surface area contributed by atoms with E-state index in [1.165, 1.54) is 29.3 Å². The van der Waals surface area contributed by atoms with Crippen molar-refractivity contribution in [3.8, 4) is 16.9 Å². The van der Waals surface area contributed by atoms with Gasteiger partial charge in [0.25, 0.3) is 0 Å². The van der Waals surface area contributed by atoms with Crippen LogP contribution in [-0.2, 0) is 20.7 Å². The Balaban J connectivity index is 1.29. The number of hydrogen-bond acceptors (Lipinski definition) is 6. The van der Waals surface area contributed by atoms with E-state index in [2.05, 4.69) is 9.71 Å². The number of alkyl halides is 2. The lowest BCUT2D eigenvalue weighted by atomic mass is 10.0. The SMILES string of the molecule is NC1CCN(C(=O)[C@H](NS(=O)(=O)c2ccc3cc(OC4CCCC4)ccc3c2)C(F)(F)c2ccc(-c3ccc(Cl)cc3)cn2)CC1. The van der Waals surface area contributed by atoms with Gasteiger partial charge in [-0.05, 0) is 97.3 Å². The zero-order chi connectivity index (χ0) is 32.5. The molecule has 4 aromatic rings. The Bertz CT molecular complexity index is 1810. The fraction of sp³-hybridized carbons (Fsp3) is 0.353. The molecule has 2 heterocycles. The van der Waals surface area contributed by atoms with Gasteiger partial charge in [-0.3, -0.25) is 9.78 Å². The number of carbonyl (C=O) groups is 1. The number of benzene rings is 3. The first-order chi connectivity index (χ1) is 22.0. The molecule has 6 rings (SSSR count). The highest BCUT2D eigenvalue weighted by molar-refractivity contribution is 7.89. The second kappa shape index (κ2) is 13.2. The Hall–Kier alpha value is -3.64. The zero-order valence-corrected chi connectivity index (χ0v) is 26.6. The Morgan fingerprint density at radius 2 is 1.59 bits per heavy atom. The molecule has 1 saturated carbocycles. The van der Waals surface area contributed by atoms with Crippen molar-refractivity contribution >= 4 is 38.3 Å². The number of nitrogens with one attached hydrogen (secondary N) is 1. The van der Waals surface area contributed by atoms with Gasteiger partial charge in [-0.2, -0.15) is 13.5 Å². The van der Waals surface area contributed by atoms with Gasteiger partial charge < -0.3 is 15.4 Å². The zero-order valence-electron chi connectivity index (χ0n) is 25.0. The molecule has 1 atom stereocenters. The van der Waals surface area contributed by atoms with Gasteiger partial charge in [0.2, 0.25) is 15.9 Å². The van der Waals surface area contributed by atoms with Crippen molar-refractivity contribution in [1.82, 2.24) is 14.6 Å². The molecule has 12 heteroatoms. The minimum Gasteiger partial charge on any atom is -0.490 e. The van der Waals surface area contributed by atoms with E-state index >= 15 is 8.78 Å². The van der Waals surface area contributed by atoms with E-state index in [4.69, 9.17) is 22.1 Å². The number of fused-ring (bicyclic) bond motifs is 1. The predicted molar refractivity (Wildman–Crippen MR) is 173 cm³/mol. The Kier molecular flexibility index (Phi) is 9.29. The van der Waals surface area contributed by atoms with Crippen molar-refractivity contribution < 1.29 is 26.7 Å². The molecule has 1 saturated heterocycles. The molecule has 1 amide bonds. The van der Waals surface area contributed by atoms with Crippen LogP contribution in [0.15, 0.2) is 83.9 Å². The highest BCUT2D eigenvalue weighted by Crippen LogP contribution is 2.35. The van der Waals surface area contributed by atoms with Crippen LogP contribution in [0.2, 0.25) is 5.02 Å². The molecule has 1 aromatic heterocycles. The summed E-state index contributed by atoms with van der Waals surface area (Å²) < 4.78 is 68.1. The third-order valence-corrected chi connectivity index (χ3v) is 10.4. The number of nitrogens with zero attached hydrogens (tertiary/aromatic N) is 2. The summed E-state index contributed by atoms with van der Waals surface area (Å²) >= 11 is 5.96. The number of piperidine rings is 1. The summed E-state index contributed by atoms with van der Waals surface area (Å²) in [6.07, 6.45) is 6.52. The van der Waals surface area contributed by atoms with Crippen molar-refractivity contribution in [3.63, 3.8) is 0 Å². The molecular formula is C34H35ClF2N4O4S. The van der Waals surface area contributed by atoms with E-state index in [1.807, 2.05) is 6.07 Å². The Morgan fingerprint density at radius 1 is 0.935 bits per heavy atom. The first-order valence-electron chi connectivity index (χ1n) is 15.4. The number of pyridine rings is 1. The summed E-state index contributed by atoms with van der Waals surface area (Å²) in [6, 6.07) is 16.4. The quantitative estimate of drug-likeness (QED) is 0.218. The molecule has 0 radical (unpaired) electrons. The largest absolute Gasteiger partial charge is 0.490 e. The van der Waals surface area contributed by atoms with Crippen molar-refractivity contribution in [2.45, 2.75) is 67.5 Å². The maximum atomic E-state index is 16.3. The van der Waals surface area contributed by atoms with E-state index in [9.17, 15) is 13.2 Å². The molecular weight excluding hydrogens is 634 g/mol. The van der Waals surface area contributed by atoms with E-state index < -0.39 is 33.6 Å². The molecule has 3 aromatic carbocycles. The van der Waals surface area contributed by atoms with Crippen LogP contribution in [-0.4, -0.2) is 55.5 Å². The summed E-state index contributed by atoms with van der Waals surface area (Å²) in [5.74, 6) is -4.35. The van der Waals surface area contributed by atoms with Crippen LogP contribution in [0.5, 0.6) is 5.75 Å². The first-order valence-corrected chi connectivity index (χ1v) is 17.2. The smallest absolute Gasteiger partial charge is 0.314 e. The topological polar surface area (TPSA) is 115 Å². The Morgan fingerprint density at radius 3 is 2.26 bits per heavy atom. The van der Waals surface area contributed by atoms with E-state index in [1.54, 1.807) is 42.5 Å². The van der Waals surface area contributed by atoms with Crippen LogP contribution in [0, 0.1) is 0 Å². The lowest BCUT2D eigenvalue weighted by Gasteiger charge is -2.35. The summed E-state index contributed by atoms with van der Waals surface area (Å²) in [5, 5.41) is 1.85. The summed E-state index contributed by atoms with van der Waals surface area (Å²) in [7, 11) is -4.59. The number of amides is 1. The van der Waals surface area contributed by atoms with Gasteiger partial charge in [0.1, 0.15) is 11.4 Å². The van der Waals surface area contributed by atoms with E-state index in [-0.39, 0.29) is 30.1 Å². The highest BCUT2D eigenvalue weighted by Gasteiger charge is 2.51. The van der Waals surface area contributed by atoms with Gasteiger partial charge in [0, 0.05) is 35.9 Å². The number of aromatic nitrogens is 1. The first kappa shape index (κ1) is 32.3. The van der Waals surface area contributed by atoms with Gasteiger partial charge in [-0.1, -0.05) is 41.9 Å². The minimum atomic E-state index is -4.59. The van der Waals surface area contributed by atoms with Crippen LogP contribution >= 0.6 is 11.6 Å². The highest BCUT2D eigenvalue weighted by atomic mass is 35.5. The molecule has 3 N–H and O–H groups in total. The number of nitrogens with two attached hydrogens (primary N) is 1. The van der Waals surface area contributed by atoms with Crippen LogP contribution in [0.4, 0.5) is 8.78 Å². The third-order valence-electron chi connectivity index (χ3n) is 8.71. The average molecular weight is 669 g/mol. The molecule has 1 aliphatic carbocycles. The normalized spacial score (nSPS) is 17.3. The molecule has 2 fully saturated rings. The second-order valence-corrected chi connectivity index (χ2v) is 14.1. The van der Waals surface area contributed by atoms with Crippen LogP contribution in [0.3, 0.4) is 0 Å². The van der Waals surface area contributed by atoms with Gasteiger partial charge >= 0.3 is 5.92 Å². The molecule has 46 heavy (non-hydrogen) atoms. The molecule has 0 bridgehead atoms. The second-order valence-electron chi connectivity index (χ2n) is 12.0. The molecule has 0 unspecified atom stereocenters. The minimum absolute atomic E-state index is 0.137. The average Bonchev–Trinajstić information content (AvgIpc) is 3.57. The van der Waals surface area contributed by atoms with E-state index in [0.717, 1.165) is 37.1 Å². The lowest BCUT2D eigenvalue weighted by molar-refractivity contribution is -0.145. The summed E-state index contributed by atoms with van der Waals surface area (Å²) in [5.41, 5.74) is 6.49. The molecule has 242 valence electrons. The molecule has 1 aliphatic heterocycles. The predicted octanol–water partition coefficient (Wildman–Crippen LogP) is 6.27. The van der Waals surface area contributed by atoms with Crippen molar-refractivity contribution in [2.24, 2.45) is 5.73 Å². The summed E-state index contributed by atoms with van der Waals surface area (Å²) in [4.78, 5) is 18.6. The maximum Gasteiger partial charge on any atom is 0.314 e. The van der Waals surface area contributed by atoms with Gasteiger partial charge in [-0.15, -0.1) is 0 Å². The number of halogens is 3. The number of ether oxygens (including phenoxy) is 1. The third kappa shape index (κ3) is 7.02. The molecule has 0 spiro atoms. The maximum absolute atomic E-state index is 16.3. The van der Waals surface area contributed by atoms with Gasteiger partial charge in [0.15, 0.2) is 6.04 Å². The lowest BCUT2D eigenvalue weighted by Crippen LogP contribution is -2.58. The fourth-order valence-electron chi connectivity index (χ4n) is 6.00. The van der Waals surface area contributed by atoms with Crippen LogP contribution in [0.1, 0.15) is 44.2 Å². The van der Waals surface area contributed by atoms with Gasteiger partial charge in [0.05, 0.1) is 11.0 Å². The van der Waals surface area contributed by atoms with Crippen LogP contribution in [0.25, 0.3) is 21.9 Å². The standard InChI is InChI=1S/C34H35ClF2N4O4S/c35-26-10-5-22(6-11-26)25-9-14-31(39-21-25)34(36,37)32(33(42)41-17-15-27(38)16-18-41)40-46(43,44)30-13-8-23-19-29(12-7-24(23)20-30)45-28-3-1-2-4-28/h5-14,19-21,27-28,32,40H,1-4,15-18,38H2/t32-/m0/s1. The fourth-order valence-corrected chi connectivity index (χ4v) is 7.35. The monoisotopic (exact) mass is 668 g/mol. The Labute approximate surface area is 271 Å². The summed E-state index contributed by atoms with van der Waals surface area (Å²) in [6.45, 7) is 0.275. The molecule has 8 nitrogen and oxygen atoms in total. The van der Waals surface area contributed by atoms with Crippen molar-refractivity contribution in [3.05, 3.63) is 89.7 Å². The molecule has 2 aliphatic rings. The van der Waals surface area contributed by atoms with Gasteiger partial charge in [-0.25, -0.2) is 8.42 Å². The number of sulfonamides is 1. The number of carbonyl (C=O) groups excluding carboxylic acids is 1. The number of likely N-dealkylation sites (tertiary alicyclic amines) is 1. The number of hydrogen-bond donors (Lipinski definition) is 2. The van der Waals surface area contributed by atoms with Crippen molar-refractivity contribution in [2.75, 3.05) is 13.1 Å². The van der Waals surface area contributed by atoms with Crippen LogP contribution < -0.4 is 15.2 Å². The van der Waals surface area contributed by atoms with Crippen molar-refractivity contribution in [1.29, 1.82) is 0 Å². The number of rotatable bonds is 9. The van der Waals surface area contributed by atoms with E-state index in [0.29, 0.717) is 40.1 Å².